The molecule has 4 aliphatic rings. The van der Waals surface area contributed by atoms with Crippen LogP contribution in [0.15, 0.2) is 18.2 Å². The van der Waals surface area contributed by atoms with E-state index < -0.39 is 6.04 Å². The summed E-state index contributed by atoms with van der Waals surface area (Å²) < 4.78 is 10.9. The number of hydrogen-bond donors (Lipinski definition) is 2. The molecule has 31 heavy (non-hydrogen) atoms. The molecule has 2 N–H and O–H groups in total. The fourth-order valence-electron chi connectivity index (χ4n) is 6.46. The van der Waals surface area contributed by atoms with Crippen LogP contribution in [0.25, 0.3) is 0 Å². The Morgan fingerprint density at radius 1 is 1.06 bits per heavy atom. The van der Waals surface area contributed by atoms with Crippen LogP contribution >= 0.6 is 0 Å². The largest absolute Gasteiger partial charge is 0.493 e. The van der Waals surface area contributed by atoms with Gasteiger partial charge >= 0.3 is 0 Å². The first-order valence-corrected chi connectivity index (χ1v) is 11.8. The Morgan fingerprint density at radius 3 is 2.19 bits per heavy atom. The zero-order valence-corrected chi connectivity index (χ0v) is 19.2. The van der Waals surface area contributed by atoms with Crippen molar-refractivity contribution >= 4 is 17.5 Å². The number of hydrogen-bond acceptors (Lipinski definition) is 4. The molecule has 1 aromatic carbocycles. The SMILES string of the molecule is CCOc1ccc(NC(=O)C(NC(=O)C23CC4CC(CC(C4)C2)C3)C(C)C)cc1OC. The molecule has 0 aliphatic heterocycles. The van der Waals surface area contributed by atoms with E-state index in [1.54, 1.807) is 25.3 Å². The van der Waals surface area contributed by atoms with E-state index in [2.05, 4.69) is 10.6 Å². The summed E-state index contributed by atoms with van der Waals surface area (Å²) in [5.41, 5.74) is 0.366. The van der Waals surface area contributed by atoms with E-state index in [1.807, 2.05) is 20.8 Å². The minimum Gasteiger partial charge on any atom is -0.493 e. The van der Waals surface area contributed by atoms with Crippen molar-refractivity contribution in [1.29, 1.82) is 0 Å². The zero-order chi connectivity index (χ0) is 22.2. The van der Waals surface area contributed by atoms with Crippen molar-refractivity contribution in [3.8, 4) is 11.5 Å². The first-order chi connectivity index (χ1) is 14.8. The molecule has 4 bridgehead atoms. The lowest BCUT2D eigenvalue weighted by Gasteiger charge is -2.55. The minimum atomic E-state index is -0.571. The number of methoxy groups -OCH3 is 1. The van der Waals surface area contributed by atoms with Gasteiger partial charge in [0.1, 0.15) is 6.04 Å². The highest BCUT2D eigenvalue weighted by Gasteiger charge is 2.55. The third-order valence-corrected chi connectivity index (χ3v) is 7.49. The van der Waals surface area contributed by atoms with Crippen molar-refractivity contribution in [1.82, 2.24) is 5.32 Å². The number of ether oxygens (including phenoxy) is 2. The second-order valence-electron chi connectivity index (χ2n) is 10.2. The van der Waals surface area contributed by atoms with Gasteiger partial charge in [-0.25, -0.2) is 0 Å². The second-order valence-corrected chi connectivity index (χ2v) is 10.2. The molecule has 5 rings (SSSR count). The Kier molecular flexibility index (Phi) is 6.18. The predicted molar refractivity (Wildman–Crippen MR) is 120 cm³/mol. The van der Waals surface area contributed by atoms with Crippen LogP contribution in [0.1, 0.15) is 59.3 Å². The van der Waals surface area contributed by atoms with Crippen molar-refractivity contribution in [3.63, 3.8) is 0 Å². The Balaban J connectivity index is 1.45. The Morgan fingerprint density at radius 2 is 1.68 bits per heavy atom. The van der Waals surface area contributed by atoms with Gasteiger partial charge in [0.05, 0.1) is 13.7 Å². The third kappa shape index (κ3) is 4.39. The van der Waals surface area contributed by atoms with E-state index in [9.17, 15) is 9.59 Å². The van der Waals surface area contributed by atoms with Gasteiger partial charge in [-0.3, -0.25) is 9.59 Å². The van der Waals surface area contributed by atoms with Gasteiger partial charge < -0.3 is 20.1 Å². The molecular weight excluding hydrogens is 392 g/mol. The second kappa shape index (κ2) is 8.71. The summed E-state index contributed by atoms with van der Waals surface area (Å²) in [6.45, 7) is 6.40. The average Bonchev–Trinajstić information content (AvgIpc) is 2.71. The Hall–Kier alpha value is -2.24. The molecule has 1 unspecified atom stereocenters. The summed E-state index contributed by atoms with van der Waals surface area (Å²) >= 11 is 0. The van der Waals surface area contributed by atoms with E-state index in [0.717, 1.165) is 19.3 Å². The number of carbonyl (C=O) groups excluding carboxylic acids is 2. The van der Waals surface area contributed by atoms with Crippen LogP contribution in [0.5, 0.6) is 11.5 Å². The maximum atomic E-state index is 13.5. The van der Waals surface area contributed by atoms with E-state index in [4.69, 9.17) is 9.47 Å². The molecule has 1 aromatic rings. The van der Waals surface area contributed by atoms with Crippen LogP contribution in [-0.2, 0) is 9.59 Å². The number of amides is 2. The lowest BCUT2D eigenvalue weighted by molar-refractivity contribution is -0.148. The van der Waals surface area contributed by atoms with Crippen LogP contribution in [0.3, 0.4) is 0 Å². The van der Waals surface area contributed by atoms with E-state index in [0.29, 0.717) is 41.5 Å². The molecular formula is C25H36N2O4. The molecule has 0 radical (unpaired) electrons. The minimum absolute atomic E-state index is 0.0116. The highest BCUT2D eigenvalue weighted by Crippen LogP contribution is 2.60. The maximum Gasteiger partial charge on any atom is 0.247 e. The fourth-order valence-corrected chi connectivity index (χ4v) is 6.46. The summed E-state index contributed by atoms with van der Waals surface area (Å²) in [6.07, 6.45) is 6.86. The maximum absolute atomic E-state index is 13.5. The molecule has 0 aromatic heterocycles. The summed E-state index contributed by atoms with van der Waals surface area (Å²) in [4.78, 5) is 26.6. The smallest absolute Gasteiger partial charge is 0.247 e. The van der Waals surface area contributed by atoms with E-state index >= 15 is 0 Å². The van der Waals surface area contributed by atoms with Crippen LogP contribution in [0, 0.1) is 29.1 Å². The first-order valence-electron chi connectivity index (χ1n) is 11.8. The van der Waals surface area contributed by atoms with Crippen molar-refractivity contribution in [2.24, 2.45) is 29.1 Å². The standard InChI is InChI=1S/C25H36N2O4/c1-5-31-20-7-6-19(11-21(20)30-4)26-23(28)22(15(2)3)27-24(29)25-12-16-8-17(13-25)10-18(9-16)14-25/h6-7,11,15-18,22H,5,8-10,12-14H2,1-4H3,(H,26,28)(H,27,29). The highest BCUT2D eigenvalue weighted by atomic mass is 16.5. The first kappa shape index (κ1) is 22.0. The van der Waals surface area contributed by atoms with Crippen LogP contribution in [0.4, 0.5) is 5.69 Å². The fraction of sp³-hybridized carbons (Fsp3) is 0.680. The van der Waals surface area contributed by atoms with Crippen molar-refractivity contribution < 1.29 is 19.1 Å². The predicted octanol–water partition coefficient (Wildman–Crippen LogP) is 4.39. The molecule has 4 aliphatic carbocycles. The number of carbonyl (C=O) groups is 2. The van der Waals surface area contributed by atoms with Gasteiger partial charge in [0, 0.05) is 17.2 Å². The van der Waals surface area contributed by atoms with Crippen molar-refractivity contribution in [2.45, 2.75) is 65.3 Å². The summed E-state index contributed by atoms with van der Waals surface area (Å²) in [5.74, 6) is 3.17. The van der Waals surface area contributed by atoms with E-state index in [-0.39, 0.29) is 23.1 Å². The molecule has 4 fully saturated rings. The lowest BCUT2D eigenvalue weighted by Crippen LogP contribution is -2.57. The van der Waals surface area contributed by atoms with Crippen LogP contribution in [-0.4, -0.2) is 31.6 Å². The van der Waals surface area contributed by atoms with Gasteiger partial charge in [0.25, 0.3) is 0 Å². The molecule has 6 nitrogen and oxygen atoms in total. The molecule has 170 valence electrons. The van der Waals surface area contributed by atoms with Crippen molar-refractivity contribution in [2.75, 3.05) is 19.0 Å². The molecule has 2 amide bonds. The summed E-state index contributed by atoms with van der Waals surface area (Å²) in [6, 6.07) is 4.76. The third-order valence-electron chi connectivity index (χ3n) is 7.49. The van der Waals surface area contributed by atoms with Gasteiger partial charge in [-0.1, -0.05) is 13.8 Å². The Labute approximate surface area is 185 Å². The highest BCUT2D eigenvalue weighted by molar-refractivity contribution is 5.98. The quantitative estimate of drug-likeness (QED) is 0.644. The normalized spacial score (nSPS) is 29.5. The van der Waals surface area contributed by atoms with Gasteiger partial charge in [-0.2, -0.15) is 0 Å². The monoisotopic (exact) mass is 428 g/mol. The van der Waals surface area contributed by atoms with Gasteiger partial charge in [-0.15, -0.1) is 0 Å². The molecule has 0 saturated heterocycles. The van der Waals surface area contributed by atoms with Gasteiger partial charge in [-0.05, 0) is 81.3 Å². The number of rotatable bonds is 8. The number of anilines is 1. The summed E-state index contributed by atoms with van der Waals surface area (Å²) in [7, 11) is 1.58. The van der Waals surface area contributed by atoms with E-state index in [1.165, 1.54) is 19.3 Å². The van der Waals surface area contributed by atoms with Crippen molar-refractivity contribution in [3.05, 3.63) is 18.2 Å². The number of nitrogens with one attached hydrogen (secondary N) is 2. The topological polar surface area (TPSA) is 76.7 Å². The van der Waals surface area contributed by atoms with Crippen LogP contribution < -0.4 is 20.1 Å². The average molecular weight is 429 g/mol. The van der Waals surface area contributed by atoms with Gasteiger partial charge in [0.15, 0.2) is 11.5 Å². The molecule has 0 heterocycles. The summed E-state index contributed by atoms with van der Waals surface area (Å²) in [5, 5.41) is 6.10. The molecule has 4 saturated carbocycles. The lowest BCUT2D eigenvalue weighted by atomic mass is 9.49. The van der Waals surface area contributed by atoms with Gasteiger partial charge in [0.2, 0.25) is 11.8 Å². The Bertz CT molecular complexity index is 800. The molecule has 0 spiro atoms. The zero-order valence-electron chi connectivity index (χ0n) is 19.2. The molecule has 1 atom stereocenters. The number of benzene rings is 1. The molecule has 6 heteroatoms. The van der Waals surface area contributed by atoms with Crippen LogP contribution in [0.2, 0.25) is 0 Å².